The molecule has 0 aromatic heterocycles. The van der Waals surface area contributed by atoms with Gasteiger partial charge in [0.1, 0.15) is 6.61 Å². The van der Waals surface area contributed by atoms with Crippen molar-refractivity contribution in [2.24, 2.45) is 0 Å². The molecule has 46 heavy (non-hydrogen) atoms. The Labute approximate surface area is 260 Å². The zero-order valence-electron chi connectivity index (χ0n) is 24.2. The van der Waals surface area contributed by atoms with Crippen molar-refractivity contribution in [2.45, 2.75) is 43.8 Å². The van der Waals surface area contributed by atoms with Crippen LogP contribution in [0.3, 0.4) is 0 Å². The Morgan fingerprint density at radius 2 is 1.35 bits per heavy atom. The Morgan fingerprint density at radius 1 is 0.826 bits per heavy atom. The highest BCUT2D eigenvalue weighted by Crippen LogP contribution is 2.46. The fourth-order valence-electron chi connectivity index (χ4n) is 5.16. The summed E-state index contributed by atoms with van der Waals surface area (Å²) in [5.74, 6) is -0.934. The van der Waals surface area contributed by atoms with Gasteiger partial charge in [0.25, 0.3) is 0 Å². The summed E-state index contributed by atoms with van der Waals surface area (Å²) in [6.45, 7) is 0.387. The van der Waals surface area contributed by atoms with Crippen LogP contribution in [0.2, 0.25) is 0 Å². The van der Waals surface area contributed by atoms with Crippen LogP contribution in [0.4, 0.5) is 31.1 Å². The van der Waals surface area contributed by atoms with E-state index >= 15 is 0 Å². The number of amides is 1. The summed E-state index contributed by atoms with van der Waals surface area (Å²) in [5.41, 5.74) is -4.22. The maximum Gasteiger partial charge on any atom is 0.416 e. The van der Waals surface area contributed by atoms with E-state index in [0.29, 0.717) is 23.3 Å². The van der Waals surface area contributed by atoms with Crippen LogP contribution in [-0.2, 0) is 43.5 Å². The molecule has 12 heteroatoms. The molecule has 6 nitrogen and oxygen atoms in total. The lowest BCUT2D eigenvalue weighted by atomic mass is 9.89. The summed E-state index contributed by atoms with van der Waals surface area (Å²) in [7, 11) is 0. The Morgan fingerprint density at radius 3 is 1.89 bits per heavy atom. The van der Waals surface area contributed by atoms with Crippen LogP contribution in [0.5, 0.6) is 0 Å². The van der Waals surface area contributed by atoms with Gasteiger partial charge in [-0.1, -0.05) is 91.0 Å². The van der Waals surface area contributed by atoms with Crippen molar-refractivity contribution in [1.29, 1.82) is 0 Å². The van der Waals surface area contributed by atoms with E-state index in [1.807, 2.05) is 0 Å². The number of hydrogen-bond donors (Lipinski definition) is 0. The predicted molar refractivity (Wildman–Crippen MR) is 153 cm³/mol. The first-order valence-corrected chi connectivity index (χ1v) is 14.0. The van der Waals surface area contributed by atoms with E-state index in [2.05, 4.69) is 0 Å². The molecule has 3 atom stereocenters. The summed E-state index contributed by atoms with van der Waals surface area (Å²) < 4.78 is 98.8. The second-order valence-corrected chi connectivity index (χ2v) is 10.6. The van der Waals surface area contributed by atoms with Gasteiger partial charge in [-0.15, -0.1) is 0 Å². The number of rotatable bonds is 8. The molecule has 4 aromatic rings. The van der Waals surface area contributed by atoms with Crippen molar-refractivity contribution in [3.8, 4) is 0 Å². The van der Waals surface area contributed by atoms with Gasteiger partial charge in [-0.3, -0.25) is 0 Å². The molecule has 4 aromatic carbocycles. The molecule has 0 N–H and O–H groups in total. The van der Waals surface area contributed by atoms with Crippen LogP contribution in [0.15, 0.2) is 109 Å². The first-order chi connectivity index (χ1) is 21.8. The molecular weight excluding hydrogens is 616 g/mol. The van der Waals surface area contributed by atoms with Gasteiger partial charge >= 0.3 is 24.4 Å². The fraction of sp³-hybridized carbons (Fsp3) is 0.235. The molecular formula is C34H27F6NO5. The minimum atomic E-state index is -5.07. The lowest BCUT2D eigenvalue weighted by Gasteiger charge is -2.36. The molecule has 1 heterocycles. The molecule has 0 unspecified atom stereocenters. The summed E-state index contributed by atoms with van der Waals surface area (Å²) in [6, 6.07) is 26.1. The number of nitrogens with zero attached hydrogens (tertiary/aromatic N) is 1. The zero-order chi connectivity index (χ0) is 33.1. The van der Waals surface area contributed by atoms with Crippen LogP contribution in [-0.4, -0.2) is 23.6 Å². The number of ether oxygens (including phenoxy) is 3. The number of carbonyl (C=O) groups is 2. The van der Waals surface area contributed by atoms with E-state index < -0.39 is 65.6 Å². The van der Waals surface area contributed by atoms with Crippen molar-refractivity contribution in [3.63, 3.8) is 0 Å². The highest BCUT2D eigenvalue weighted by Gasteiger charge is 2.60. The van der Waals surface area contributed by atoms with Crippen LogP contribution in [0.25, 0.3) is 0 Å². The second kappa shape index (κ2) is 12.9. The number of hydrogen-bond acceptors (Lipinski definition) is 5. The highest BCUT2D eigenvalue weighted by atomic mass is 19.4. The first-order valence-electron chi connectivity index (χ1n) is 14.0. The summed E-state index contributed by atoms with van der Waals surface area (Å²) in [4.78, 5) is 28.9. The van der Waals surface area contributed by atoms with Crippen LogP contribution >= 0.6 is 0 Å². The molecule has 1 aliphatic rings. The second-order valence-electron chi connectivity index (χ2n) is 10.6. The third-order valence-corrected chi connectivity index (χ3v) is 7.56. The quantitative estimate of drug-likeness (QED) is 0.142. The molecule has 1 amide bonds. The molecule has 1 aliphatic heterocycles. The van der Waals surface area contributed by atoms with Gasteiger partial charge in [0.2, 0.25) is 6.23 Å². The van der Waals surface area contributed by atoms with Gasteiger partial charge in [-0.2, -0.15) is 26.3 Å². The number of alkyl halides is 6. The van der Waals surface area contributed by atoms with Crippen molar-refractivity contribution in [3.05, 3.63) is 143 Å². The number of halogens is 6. The van der Waals surface area contributed by atoms with Crippen molar-refractivity contribution in [2.75, 3.05) is 6.61 Å². The number of carbonyl (C=O) groups excluding carboxylic acids is 2. The standard InChI is InChI=1S/C34H27F6NO5/c1-22(25-17-27(33(35,36)37)19-28(18-25)34(38,39)40)45-21-32(26-15-9-4-10-16-26)30(42)46-29(24-13-7-3-8-14-24)41(32)31(43)44-20-23-11-5-2-6-12-23/h2-19,22,29H,20-21H2,1H3/t22-,29+,32-/m1/s1. The van der Waals surface area contributed by atoms with Crippen LogP contribution in [0.1, 0.15) is 52.6 Å². The summed E-state index contributed by atoms with van der Waals surface area (Å²) in [6.07, 6.45) is -13.8. The van der Waals surface area contributed by atoms with E-state index in [-0.39, 0.29) is 18.2 Å². The molecule has 1 fully saturated rings. The van der Waals surface area contributed by atoms with Gasteiger partial charge in [-0.05, 0) is 41.8 Å². The van der Waals surface area contributed by atoms with E-state index in [1.165, 1.54) is 19.1 Å². The fourth-order valence-corrected chi connectivity index (χ4v) is 5.16. The van der Waals surface area contributed by atoms with Gasteiger partial charge in [0.15, 0.2) is 5.54 Å². The number of benzene rings is 4. The molecule has 5 rings (SSSR count). The van der Waals surface area contributed by atoms with Crippen LogP contribution < -0.4 is 0 Å². The maximum absolute atomic E-state index is 13.9. The van der Waals surface area contributed by atoms with Gasteiger partial charge < -0.3 is 14.2 Å². The van der Waals surface area contributed by atoms with Gasteiger partial charge in [0.05, 0.1) is 23.8 Å². The minimum Gasteiger partial charge on any atom is -0.444 e. The van der Waals surface area contributed by atoms with Crippen LogP contribution in [0, 0.1) is 0 Å². The molecule has 1 saturated heterocycles. The Bertz CT molecular complexity index is 1630. The average Bonchev–Trinajstić information content (AvgIpc) is 3.35. The van der Waals surface area contributed by atoms with E-state index in [1.54, 1.807) is 78.9 Å². The lowest BCUT2D eigenvalue weighted by Crippen LogP contribution is -2.52. The van der Waals surface area contributed by atoms with Gasteiger partial charge in [-0.25, -0.2) is 14.5 Å². The Balaban J connectivity index is 1.56. The third kappa shape index (κ3) is 6.71. The largest absolute Gasteiger partial charge is 0.444 e. The molecule has 0 radical (unpaired) electrons. The molecule has 0 saturated carbocycles. The van der Waals surface area contributed by atoms with E-state index in [4.69, 9.17) is 14.2 Å². The Kier molecular flexibility index (Phi) is 9.11. The van der Waals surface area contributed by atoms with Crippen molar-refractivity contribution in [1.82, 2.24) is 4.90 Å². The molecule has 0 bridgehead atoms. The lowest BCUT2D eigenvalue weighted by molar-refractivity contribution is -0.148. The maximum atomic E-state index is 13.9. The topological polar surface area (TPSA) is 65.1 Å². The van der Waals surface area contributed by atoms with Gasteiger partial charge in [0, 0.05) is 5.56 Å². The highest BCUT2D eigenvalue weighted by molar-refractivity contribution is 5.90. The van der Waals surface area contributed by atoms with E-state index in [9.17, 15) is 35.9 Å². The Hall–Kier alpha value is -4.84. The smallest absolute Gasteiger partial charge is 0.416 e. The molecule has 240 valence electrons. The molecule has 0 spiro atoms. The first kappa shape index (κ1) is 32.6. The van der Waals surface area contributed by atoms with E-state index in [0.717, 1.165) is 4.90 Å². The van der Waals surface area contributed by atoms with Crippen molar-refractivity contribution < 1.29 is 50.1 Å². The third-order valence-electron chi connectivity index (χ3n) is 7.56. The average molecular weight is 644 g/mol. The summed E-state index contributed by atoms with van der Waals surface area (Å²) in [5, 5.41) is 0. The summed E-state index contributed by atoms with van der Waals surface area (Å²) >= 11 is 0. The SMILES string of the molecule is C[C@@H](OC[C@@]1(c2ccccc2)C(=O)O[C@@H](c2ccccc2)N1C(=O)OCc1ccccc1)c1cc(C(F)(F)F)cc(C(F)(F)F)c1. The molecule has 0 aliphatic carbocycles. The van der Waals surface area contributed by atoms with Crippen molar-refractivity contribution >= 4 is 12.1 Å². The number of cyclic esters (lactones) is 1. The zero-order valence-corrected chi connectivity index (χ0v) is 24.2. The minimum absolute atomic E-state index is 0.0188. The monoisotopic (exact) mass is 643 g/mol. The number of esters is 1. The normalized spacial score (nSPS) is 19.1. The predicted octanol–water partition coefficient (Wildman–Crippen LogP) is 8.59.